The Kier molecular flexibility index (Phi) is 8.36. The Labute approximate surface area is 113 Å². The second kappa shape index (κ2) is 9.57. The van der Waals surface area contributed by atoms with Crippen LogP contribution in [-0.4, -0.2) is 25.3 Å². The molecule has 18 heavy (non-hydrogen) atoms. The van der Waals surface area contributed by atoms with Crippen LogP contribution in [0.5, 0.6) is 0 Å². The zero-order valence-corrected chi connectivity index (χ0v) is 12.5. The molecule has 0 saturated heterocycles. The van der Waals surface area contributed by atoms with Crippen LogP contribution in [0.25, 0.3) is 0 Å². The smallest absolute Gasteiger partial charge is 0.0738 e. The van der Waals surface area contributed by atoms with Crippen molar-refractivity contribution in [1.82, 2.24) is 5.32 Å². The van der Waals surface area contributed by atoms with Crippen LogP contribution >= 0.6 is 0 Å². The molecule has 0 bridgehead atoms. The lowest BCUT2D eigenvalue weighted by Crippen LogP contribution is -2.42. The zero-order valence-electron chi connectivity index (χ0n) is 12.5. The van der Waals surface area contributed by atoms with E-state index in [1.165, 1.54) is 44.9 Å². The van der Waals surface area contributed by atoms with Crippen LogP contribution in [0.1, 0.15) is 65.7 Å². The van der Waals surface area contributed by atoms with E-state index >= 15 is 0 Å². The van der Waals surface area contributed by atoms with Crippen molar-refractivity contribution < 1.29 is 4.74 Å². The lowest BCUT2D eigenvalue weighted by atomic mass is 9.92. The molecule has 2 heteroatoms. The molecule has 0 aromatic heterocycles. The van der Waals surface area contributed by atoms with Crippen molar-refractivity contribution >= 4 is 0 Å². The van der Waals surface area contributed by atoms with Gasteiger partial charge in [-0.15, -0.1) is 0 Å². The number of hydrogen-bond donors (Lipinski definition) is 1. The number of nitrogens with one attached hydrogen (secondary N) is 1. The van der Waals surface area contributed by atoms with Crippen LogP contribution in [0, 0.1) is 0 Å². The summed E-state index contributed by atoms with van der Waals surface area (Å²) in [5.74, 6) is 0. The minimum atomic E-state index is 0.284. The summed E-state index contributed by atoms with van der Waals surface area (Å²) in [5, 5.41) is 3.68. The molecule has 2 unspecified atom stereocenters. The van der Waals surface area contributed by atoms with Gasteiger partial charge in [0.05, 0.1) is 12.1 Å². The van der Waals surface area contributed by atoms with Crippen molar-refractivity contribution in [2.75, 3.05) is 13.2 Å². The van der Waals surface area contributed by atoms with Gasteiger partial charge in [-0.05, 0) is 52.5 Å². The molecule has 2 atom stereocenters. The number of rotatable bonds is 7. The van der Waals surface area contributed by atoms with Crippen LogP contribution in [0.2, 0.25) is 0 Å². The summed E-state index contributed by atoms with van der Waals surface area (Å²) in [7, 11) is 0. The number of ether oxygens (including phenoxy) is 1. The van der Waals surface area contributed by atoms with E-state index in [-0.39, 0.29) is 6.10 Å². The van der Waals surface area contributed by atoms with E-state index in [9.17, 15) is 0 Å². The van der Waals surface area contributed by atoms with Gasteiger partial charge in [-0.2, -0.15) is 0 Å². The molecular weight excluding hydrogens is 222 g/mol. The molecule has 0 aliphatic heterocycles. The van der Waals surface area contributed by atoms with Gasteiger partial charge in [0.15, 0.2) is 0 Å². The third-order valence-electron chi connectivity index (χ3n) is 3.74. The van der Waals surface area contributed by atoms with Gasteiger partial charge in [0, 0.05) is 6.61 Å². The predicted octanol–water partition coefficient (Wildman–Crippen LogP) is 4.06. The van der Waals surface area contributed by atoms with Crippen LogP contribution in [0.4, 0.5) is 0 Å². The van der Waals surface area contributed by atoms with E-state index in [1.807, 2.05) is 0 Å². The third kappa shape index (κ3) is 5.53. The topological polar surface area (TPSA) is 21.3 Å². The highest BCUT2D eigenvalue weighted by Crippen LogP contribution is 2.22. The summed E-state index contributed by atoms with van der Waals surface area (Å²) in [6, 6.07) is 0.419. The van der Waals surface area contributed by atoms with Crippen LogP contribution in [-0.2, 0) is 4.74 Å². The van der Waals surface area contributed by atoms with Crippen molar-refractivity contribution in [3.8, 4) is 0 Å². The maximum Gasteiger partial charge on any atom is 0.0738 e. The molecule has 0 spiro atoms. The molecule has 1 rings (SSSR count). The summed E-state index contributed by atoms with van der Waals surface area (Å²) in [6.45, 7) is 8.40. The zero-order chi connectivity index (χ0) is 13.2. The second-order valence-corrected chi connectivity index (χ2v) is 5.32. The van der Waals surface area contributed by atoms with E-state index < -0.39 is 0 Å². The highest BCUT2D eigenvalue weighted by Gasteiger charge is 2.21. The second-order valence-electron chi connectivity index (χ2n) is 5.32. The lowest BCUT2D eigenvalue weighted by Gasteiger charge is -2.28. The molecule has 106 valence electrons. The maximum absolute atomic E-state index is 5.82. The Hall–Kier alpha value is -0.340. The normalized spacial score (nSPS) is 20.7. The van der Waals surface area contributed by atoms with Gasteiger partial charge in [0.2, 0.25) is 0 Å². The molecule has 0 radical (unpaired) electrons. The van der Waals surface area contributed by atoms with Crippen LogP contribution in [0.15, 0.2) is 11.6 Å². The van der Waals surface area contributed by atoms with Crippen molar-refractivity contribution in [2.45, 2.75) is 77.9 Å². The molecule has 2 nitrogen and oxygen atoms in total. The van der Waals surface area contributed by atoms with Gasteiger partial charge in [0.1, 0.15) is 0 Å². The van der Waals surface area contributed by atoms with Crippen LogP contribution in [0.3, 0.4) is 0 Å². The molecule has 1 aliphatic rings. The van der Waals surface area contributed by atoms with Gasteiger partial charge in [-0.1, -0.05) is 31.4 Å². The Morgan fingerprint density at radius 3 is 2.72 bits per heavy atom. The maximum atomic E-state index is 5.82. The molecule has 0 aromatic carbocycles. The van der Waals surface area contributed by atoms with Crippen molar-refractivity contribution in [2.24, 2.45) is 0 Å². The number of allylic oxidation sites excluding steroid dienone is 1. The molecule has 0 amide bonds. The first-order valence-corrected chi connectivity index (χ1v) is 7.83. The largest absolute Gasteiger partial charge is 0.377 e. The monoisotopic (exact) mass is 253 g/mol. The Bertz CT molecular complexity index is 237. The van der Waals surface area contributed by atoms with Gasteiger partial charge < -0.3 is 10.1 Å². The fourth-order valence-electron chi connectivity index (χ4n) is 2.76. The fourth-order valence-corrected chi connectivity index (χ4v) is 2.76. The van der Waals surface area contributed by atoms with Gasteiger partial charge in [-0.3, -0.25) is 0 Å². The van der Waals surface area contributed by atoms with Gasteiger partial charge in [0.25, 0.3) is 0 Å². The SMILES string of the molecule is CCCNC(C1=CCCCCCC1)C(C)OCC. The summed E-state index contributed by atoms with van der Waals surface area (Å²) < 4.78 is 5.82. The van der Waals surface area contributed by atoms with Crippen molar-refractivity contribution in [3.63, 3.8) is 0 Å². The first-order valence-electron chi connectivity index (χ1n) is 7.83. The average Bonchev–Trinajstić information content (AvgIpc) is 2.31. The standard InChI is InChI=1S/C16H31NO/c1-4-13-17-16(14(3)18-5-2)15-11-9-7-6-8-10-12-15/h11,14,16-17H,4-10,12-13H2,1-3H3. The summed E-state index contributed by atoms with van der Waals surface area (Å²) in [5.41, 5.74) is 1.59. The first-order chi connectivity index (χ1) is 8.79. The van der Waals surface area contributed by atoms with E-state index in [0.29, 0.717) is 6.04 Å². The van der Waals surface area contributed by atoms with E-state index in [0.717, 1.165) is 13.2 Å². The summed E-state index contributed by atoms with van der Waals surface area (Å²) in [4.78, 5) is 0. The molecule has 0 heterocycles. The molecule has 0 aromatic rings. The lowest BCUT2D eigenvalue weighted by molar-refractivity contribution is 0.0556. The molecule has 0 saturated carbocycles. The highest BCUT2D eigenvalue weighted by atomic mass is 16.5. The van der Waals surface area contributed by atoms with E-state index in [1.54, 1.807) is 5.57 Å². The fraction of sp³-hybridized carbons (Fsp3) is 0.875. The summed E-state index contributed by atoms with van der Waals surface area (Å²) in [6.07, 6.45) is 11.9. The van der Waals surface area contributed by atoms with Gasteiger partial charge >= 0.3 is 0 Å². The minimum absolute atomic E-state index is 0.284. The van der Waals surface area contributed by atoms with Crippen molar-refractivity contribution in [1.29, 1.82) is 0 Å². The quantitative estimate of drug-likeness (QED) is 0.691. The minimum Gasteiger partial charge on any atom is -0.377 e. The van der Waals surface area contributed by atoms with Crippen LogP contribution < -0.4 is 5.32 Å². The Balaban J connectivity index is 2.65. The first kappa shape index (κ1) is 15.7. The average molecular weight is 253 g/mol. The molecule has 1 aliphatic carbocycles. The van der Waals surface area contributed by atoms with E-state index in [4.69, 9.17) is 4.74 Å². The third-order valence-corrected chi connectivity index (χ3v) is 3.74. The summed E-state index contributed by atoms with van der Waals surface area (Å²) >= 11 is 0. The van der Waals surface area contributed by atoms with Gasteiger partial charge in [-0.25, -0.2) is 0 Å². The molecule has 1 N–H and O–H groups in total. The van der Waals surface area contributed by atoms with E-state index in [2.05, 4.69) is 32.2 Å². The molecular formula is C16H31NO. The highest BCUT2D eigenvalue weighted by molar-refractivity contribution is 5.13. The molecule has 0 fully saturated rings. The Morgan fingerprint density at radius 1 is 1.22 bits per heavy atom. The Morgan fingerprint density at radius 2 is 2.00 bits per heavy atom. The van der Waals surface area contributed by atoms with Crippen molar-refractivity contribution in [3.05, 3.63) is 11.6 Å². The number of hydrogen-bond acceptors (Lipinski definition) is 2. The predicted molar refractivity (Wildman–Crippen MR) is 79.0 cm³/mol.